The van der Waals surface area contributed by atoms with Crippen LogP contribution in [0.2, 0.25) is 0 Å². The molecule has 0 aliphatic carbocycles. The molecular weight excluding hydrogens is 236 g/mol. The van der Waals surface area contributed by atoms with Gasteiger partial charge in [0.1, 0.15) is 5.82 Å². The number of aliphatic hydroxyl groups excluding tert-OH is 1. The summed E-state index contributed by atoms with van der Waals surface area (Å²) in [6.07, 6.45) is 3.85. The van der Waals surface area contributed by atoms with E-state index >= 15 is 0 Å². The first-order valence-corrected chi connectivity index (χ1v) is 7.44. The standard InChI is InChI=1S/C16H26N2O/c1-12(2)14-5-4-9-18(10-8-14)16-7-6-15(11-19)13(3)17-16/h6-7,12,14,19H,4-5,8-11H2,1-3H3. The Bertz CT molecular complexity index is 417. The fraction of sp³-hybridized carbons (Fsp3) is 0.688. The smallest absolute Gasteiger partial charge is 0.128 e. The summed E-state index contributed by atoms with van der Waals surface area (Å²) in [7, 11) is 0. The molecule has 1 aromatic rings. The molecule has 1 aliphatic rings. The van der Waals surface area contributed by atoms with E-state index in [1.807, 2.05) is 19.1 Å². The van der Waals surface area contributed by atoms with Gasteiger partial charge in [0.15, 0.2) is 0 Å². The highest BCUT2D eigenvalue weighted by molar-refractivity contribution is 5.41. The van der Waals surface area contributed by atoms with E-state index in [0.29, 0.717) is 0 Å². The Morgan fingerprint density at radius 1 is 1.32 bits per heavy atom. The molecule has 1 N–H and O–H groups in total. The second-order valence-corrected chi connectivity index (χ2v) is 5.99. The van der Waals surface area contributed by atoms with Gasteiger partial charge >= 0.3 is 0 Å². The maximum atomic E-state index is 9.21. The molecular formula is C16H26N2O. The topological polar surface area (TPSA) is 36.4 Å². The number of hydrogen-bond donors (Lipinski definition) is 1. The summed E-state index contributed by atoms with van der Waals surface area (Å²) in [4.78, 5) is 7.04. The van der Waals surface area contributed by atoms with Gasteiger partial charge in [0.2, 0.25) is 0 Å². The number of hydrogen-bond acceptors (Lipinski definition) is 3. The van der Waals surface area contributed by atoms with Gasteiger partial charge in [-0.2, -0.15) is 0 Å². The van der Waals surface area contributed by atoms with Crippen LogP contribution in [0.15, 0.2) is 12.1 Å². The van der Waals surface area contributed by atoms with Crippen LogP contribution < -0.4 is 4.90 Å². The van der Waals surface area contributed by atoms with Gasteiger partial charge in [-0.15, -0.1) is 0 Å². The van der Waals surface area contributed by atoms with Crippen LogP contribution in [-0.4, -0.2) is 23.2 Å². The van der Waals surface area contributed by atoms with Crippen molar-refractivity contribution >= 4 is 5.82 Å². The summed E-state index contributed by atoms with van der Waals surface area (Å²) in [6, 6.07) is 4.05. The van der Waals surface area contributed by atoms with Crippen molar-refractivity contribution in [1.29, 1.82) is 0 Å². The summed E-state index contributed by atoms with van der Waals surface area (Å²) in [6.45, 7) is 8.93. The zero-order chi connectivity index (χ0) is 13.8. The van der Waals surface area contributed by atoms with Gasteiger partial charge in [0.25, 0.3) is 0 Å². The summed E-state index contributed by atoms with van der Waals surface area (Å²) < 4.78 is 0. The van der Waals surface area contributed by atoms with Crippen LogP contribution >= 0.6 is 0 Å². The van der Waals surface area contributed by atoms with E-state index in [9.17, 15) is 5.11 Å². The Morgan fingerprint density at radius 3 is 2.74 bits per heavy atom. The molecule has 1 unspecified atom stereocenters. The van der Waals surface area contributed by atoms with Crippen LogP contribution in [-0.2, 0) is 6.61 Å². The Labute approximate surface area is 116 Å². The van der Waals surface area contributed by atoms with Crippen LogP contribution in [0, 0.1) is 18.8 Å². The number of aromatic nitrogens is 1. The lowest BCUT2D eigenvalue weighted by Crippen LogP contribution is -2.25. The number of aryl methyl sites for hydroxylation is 1. The molecule has 1 saturated heterocycles. The maximum Gasteiger partial charge on any atom is 0.128 e. The van der Waals surface area contributed by atoms with Gasteiger partial charge < -0.3 is 10.0 Å². The Balaban J connectivity index is 2.08. The fourth-order valence-electron chi connectivity index (χ4n) is 2.94. The largest absolute Gasteiger partial charge is 0.392 e. The van der Waals surface area contributed by atoms with E-state index in [2.05, 4.69) is 23.7 Å². The monoisotopic (exact) mass is 262 g/mol. The zero-order valence-electron chi connectivity index (χ0n) is 12.4. The number of nitrogens with zero attached hydrogens (tertiary/aromatic N) is 2. The van der Waals surface area contributed by atoms with E-state index < -0.39 is 0 Å². The molecule has 1 atom stereocenters. The summed E-state index contributed by atoms with van der Waals surface area (Å²) in [5, 5.41) is 9.21. The molecule has 19 heavy (non-hydrogen) atoms. The quantitative estimate of drug-likeness (QED) is 0.909. The minimum Gasteiger partial charge on any atom is -0.392 e. The average Bonchev–Trinajstić information content (AvgIpc) is 2.64. The number of anilines is 1. The Hall–Kier alpha value is -1.09. The number of rotatable bonds is 3. The van der Waals surface area contributed by atoms with Crippen molar-refractivity contribution in [3.8, 4) is 0 Å². The lowest BCUT2D eigenvalue weighted by Gasteiger charge is -2.23. The number of pyridine rings is 1. The fourth-order valence-corrected chi connectivity index (χ4v) is 2.94. The normalized spacial score (nSPS) is 20.7. The third-order valence-corrected chi connectivity index (χ3v) is 4.39. The van der Waals surface area contributed by atoms with Crippen molar-refractivity contribution in [2.24, 2.45) is 11.8 Å². The highest BCUT2D eigenvalue weighted by Crippen LogP contribution is 2.26. The summed E-state index contributed by atoms with van der Waals surface area (Å²) in [5.74, 6) is 2.70. The third-order valence-electron chi connectivity index (χ3n) is 4.39. The number of aliphatic hydroxyl groups is 1. The highest BCUT2D eigenvalue weighted by atomic mass is 16.3. The molecule has 106 valence electrons. The zero-order valence-corrected chi connectivity index (χ0v) is 12.4. The van der Waals surface area contributed by atoms with Gasteiger partial charge in [-0.05, 0) is 49.7 Å². The Kier molecular flexibility index (Phi) is 4.81. The van der Waals surface area contributed by atoms with E-state index in [-0.39, 0.29) is 6.61 Å². The molecule has 1 aromatic heterocycles. The summed E-state index contributed by atoms with van der Waals surface area (Å²) in [5.41, 5.74) is 1.88. The van der Waals surface area contributed by atoms with Crippen LogP contribution in [0.4, 0.5) is 5.82 Å². The first kappa shape index (κ1) is 14.3. The van der Waals surface area contributed by atoms with Crippen LogP contribution in [0.3, 0.4) is 0 Å². The Morgan fingerprint density at radius 2 is 2.11 bits per heavy atom. The first-order valence-electron chi connectivity index (χ1n) is 7.44. The lowest BCUT2D eigenvalue weighted by atomic mass is 9.89. The highest BCUT2D eigenvalue weighted by Gasteiger charge is 2.20. The molecule has 2 rings (SSSR count). The third kappa shape index (κ3) is 3.47. The van der Waals surface area contributed by atoms with Gasteiger partial charge in [-0.1, -0.05) is 19.9 Å². The van der Waals surface area contributed by atoms with Crippen LogP contribution in [0.25, 0.3) is 0 Å². The van der Waals surface area contributed by atoms with Gasteiger partial charge in [0.05, 0.1) is 6.61 Å². The van der Waals surface area contributed by atoms with Crippen molar-refractivity contribution in [2.75, 3.05) is 18.0 Å². The average molecular weight is 262 g/mol. The minimum atomic E-state index is 0.0779. The van der Waals surface area contributed by atoms with Gasteiger partial charge in [0, 0.05) is 18.8 Å². The van der Waals surface area contributed by atoms with Gasteiger partial charge in [-0.3, -0.25) is 0 Å². The lowest BCUT2D eigenvalue weighted by molar-refractivity contribution is 0.280. The maximum absolute atomic E-state index is 9.21. The predicted molar refractivity (Wildman–Crippen MR) is 79.3 cm³/mol. The van der Waals surface area contributed by atoms with Crippen LogP contribution in [0.1, 0.15) is 44.4 Å². The SMILES string of the molecule is Cc1nc(N2CCCC(C(C)C)CC2)ccc1CO. The molecule has 1 aliphatic heterocycles. The summed E-state index contributed by atoms with van der Waals surface area (Å²) >= 11 is 0. The molecule has 0 aromatic carbocycles. The predicted octanol–water partition coefficient (Wildman–Crippen LogP) is 3.14. The molecule has 0 saturated carbocycles. The van der Waals surface area contributed by atoms with E-state index in [1.165, 1.54) is 19.3 Å². The van der Waals surface area contributed by atoms with Gasteiger partial charge in [-0.25, -0.2) is 4.98 Å². The van der Waals surface area contributed by atoms with Crippen LogP contribution in [0.5, 0.6) is 0 Å². The van der Waals surface area contributed by atoms with Crippen molar-refractivity contribution in [1.82, 2.24) is 4.98 Å². The van der Waals surface area contributed by atoms with Crippen molar-refractivity contribution in [3.63, 3.8) is 0 Å². The minimum absolute atomic E-state index is 0.0779. The first-order chi connectivity index (χ1) is 9.11. The molecule has 3 nitrogen and oxygen atoms in total. The molecule has 0 bridgehead atoms. The molecule has 0 spiro atoms. The van der Waals surface area contributed by atoms with Crippen molar-refractivity contribution < 1.29 is 5.11 Å². The molecule has 2 heterocycles. The molecule has 1 fully saturated rings. The second-order valence-electron chi connectivity index (χ2n) is 5.99. The van der Waals surface area contributed by atoms with Crippen molar-refractivity contribution in [3.05, 3.63) is 23.4 Å². The molecule has 3 heteroatoms. The van der Waals surface area contributed by atoms with E-state index in [4.69, 9.17) is 0 Å². The second kappa shape index (κ2) is 6.38. The van der Waals surface area contributed by atoms with E-state index in [0.717, 1.165) is 42.0 Å². The molecule has 0 radical (unpaired) electrons. The molecule has 0 amide bonds. The van der Waals surface area contributed by atoms with Crippen molar-refractivity contribution in [2.45, 2.75) is 46.6 Å². The van der Waals surface area contributed by atoms with E-state index in [1.54, 1.807) is 0 Å².